The molecule has 2 aromatic rings. The molecule has 2 aromatic carbocycles. The summed E-state index contributed by atoms with van der Waals surface area (Å²) in [7, 11) is 0. The molecule has 5 heteroatoms. The Morgan fingerprint density at radius 2 is 1.83 bits per heavy atom. The van der Waals surface area contributed by atoms with Crippen molar-refractivity contribution in [3.05, 3.63) is 75.3 Å². The number of rotatable bonds is 3. The Morgan fingerprint density at radius 1 is 1.04 bits per heavy atom. The minimum atomic E-state index is -0.549. The first-order valence-electron chi connectivity index (χ1n) is 7.63. The maximum atomic E-state index is 12.1. The second-order valence-corrected chi connectivity index (χ2v) is 6.29. The molecule has 1 aliphatic carbocycles. The van der Waals surface area contributed by atoms with Gasteiger partial charge in [0.1, 0.15) is 0 Å². The molecule has 0 bridgehead atoms. The van der Waals surface area contributed by atoms with Crippen LogP contribution < -0.4 is 0 Å². The van der Waals surface area contributed by atoms with E-state index in [1.54, 1.807) is 12.1 Å². The van der Waals surface area contributed by atoms with Crippen molar-refractivity contribution < 1.29 is 9.63 Å². The Hall–Kier alpha value is -2.10. The summed E-state index contributed by atoms with van der Waals surface area (Å²) in [4.78, 5) is 17.2. The predicted molar refractivity (Wildman–Crippen MR) is 97.6 cm³/mol. The van der Waals surface area contributed by atoms with Crippen molar-refractivity contribution in [1.82, 2.24) is 0 Å². The fraction of sp³-hybridized carbons (Fsp3) is 0.158. The summed E-state index contributed by atoms with van der Waals surface area (Å²) >= 11 is 11.8. The van der Waals surface area contributed by atoms with E-state index in [9.17, 15) is 4.79 Å². The Bertz CT molecular complexity index is 813. The molecule has 3 nitrogen and oxygen atoms in total. The molecule has 0 aromatic heterocycles. The second-order valence-electron chi connectivity index (χ2n) is 5.48. The van der Waals surface area contributed by atoms with Gasteiger partial charge in [0.25, 0.3) is 0 Å². The first-order valence-corrected chi connectivity index (χ1v) is 8.38. The highest BCUT2D eigenvalue weighted by Crippen LogP contribution is 2.25. The first-order chi connectivity index (χ1) is 11.6. The van der Waals surface area contributed by atoms with Gasteiger partial charge in [0.15, 0.2) is 0 Å². The lowest BCUT2D eigenvalue weighted by Crippen LogP contribution is -2.04. The van der Waals surface area contributed by atoms with E-state index in [0.29, 0.717) is 15.6 Å². The van der Waals surface area contributed by atoms with Gasteiger partial charge in [-0.2, -0.15) is 0 Å². The van der Waals surface area contributed by atoms with Gasteiger partial charge in [-0.3, -0.25) is 0 Å². The van der Waals surface area contributed by atoms with Crippen LogP contribution in [-0.2, 0) is 4.84 Å². The van der Waals surface area contributed by atoms with Crippen molar-refractivity contribution in [2.24, 2.45) is 5.16 Å². The van der Waals surface area contributed by atoms with Gasteiger partial charge < -0.3 is 4.84 Å². The van der Waals surface area contributed by atoms with Crippen LogP contribution in [0, 0.1) is 0 Å². The maximum absolute atomic E-state index is 12.1. The monoisotopic (exact) mass is 359 g/mol. The Kier molecular flexibility index (Phi) is 5.34. The van der Waals surface area contributed by atoms with Gasteiger partial charge in [0.05, 0.1) is 21.3 Å². The third-order valence-corrected chi connectivity index (χ3v) is 4.50. The average Bonchev–Trinajstić information content (AvgIpc) is 3.03. The molecule has 0 N–H and O–H groups in total. The van der Waals surface area contributed by atoms with Crippen LogP contribution in [0.2, 0.25) is 10.0 Å². The number of halogens is 2. The Labute approximate surface area is 150 Å². The Balaban J connectivity index is 1.74. The van der Waals surface area contributed by atoms with Crippen LogP contribution in [0.4, 0.5) is 0 Å². The van der Waals surface area contributed by atoms with E-state index in [4.69, 9.17) is 28.0 Å². The smallest absolute Gasteiger partial charge is 0.313 e. The van der Waals surface area contributed by atoms with Gasteiger partial charge in [-0.25, -0.2) is 4.79 Å². The van der Waals surface area contributed by atoms with E-state index in [1.165, 1.54) is 6.07 Å². The van der Waals surface area contributed by atoms with Gasteiger partial charge in [-0.1, -0.05) is 58.7 Å². The number of carbonyl (C=O) groups is 1. The summed E-state index contributed by atoms with van der Waals surface area (Å²) in [5.74, 6) is -0.549. The van der Waals surface area contributed by atoms with Crippen LogP contribution in [0.25, 0.3) is 6.08 Å². The van der Waals surface area contributed by atoms with Crippen LogP contribution in [0.1, 0.15) is 35.2 Å². The molecule has 0 radical (unpaired) electrons. The summed E-state index contributed by atoms with van der Waals surface area (Å²) < 4.78 is 0. The van der Waals surface area contributed by atoms with E-state index < -0.39 is 5.97 Å². The summed E-state index contributed by atoms with van der Waals surface area (Å²) in [5.41, 5.74) is 3.34. The van der Waals surface area contributed by atoms with Crippen LogP contribution >= 0.6 is 23.2 Å². The van der Waals surface area contributed by atoms with Crippen molar-refractivity contribution >= 4 is 41.0 Å². The minimum Gasteiger partial charge on any atom is -0.313 e. The zero-order chi connectivity index (χ0) is 16.9. The molecular weight excluding hydrogens is 345 g/mol. The molecule has 1 fully saturated rings. The fourth-order valence-electron chi connectivity index (χ4n) is 2.53. The van der Waals surface area contributed by atoms with Crippen molar-refractivity contribution in [2.75, 3.05) is 0 Å². The van der Waals surface area contributed by atoms with Crippen molar-refractivity contribution in [2.45, 2.75) is 19.3 Å². The predicted octanol–water partition coefficient (Wildman–Crippen LogP) is 5.77. The minimum absolute atomic E-state index is 0.310. The third-order valence-electron chi connectivity index (χ3n) is 3.76. The molecule has 0 atom stereocenters. The number of hydrogen-bond acceptors (Lipinski definition) is 3. The number of oxime groups is 1. The molecule has 3 rings (SSSR count). The highest BCUT2D eigenvalue weighted by Gasteiger charge is 2.17. The van der Waals surface area contributed by atoms with E-state index >= 15 is 0 Å². The lowest BCUT2D eigenvalue weighted by molar-refractivity contribution is 0.0516. The standard InChI is InChI=1S/C19H15Cl2NO2/c20-16-10-9-15(12-17(16)21)19(23)24-22-18-8-4-7-14(18)11-13-5-2-1-3-6-13/h1-3,5-6,9-12H,4,7-8H2/b14-11+,22-18+. The normalized spacial score (nSPS) is 17.4. The summed E-state index contributed by atoms with van der Waals surface area (Å²) in [5, 5.41) is 4.75. The van der Waals surface area contributed by atoms with Gasteiger partial charge in [-0.15, -0.1) is 0 Å². The molecule has 1 saturated carbocycles. The topological polar surface area (TPSA) is 38.7 Å². The molecule has 0 aliphatic heterocycles. The van der Waals surface area contributed by atoms with Crippen LogP contribution in [0.15, 0.2) is 59.3 Å². The Morgan fingerprint density at radius 3 is 2.58 bits per heavy atom. The van der Waals surface area contributed by atoms with Gasteiger partial charge in [0, 0.05) is 0 Å². The van der Waals surface area contributed by atoms with Crippen LogP contribution in [0.3, 0.4) is 0 Å². The number of carbonyl (C=O) groups excluding carboxylic acids is 1. The summed E-state index contributed by atoms with van der Waals surface area (Å²) in [6, 6.07) is 14.6. The highest BCUT2D eigenvalue weighted by molar-refractivity contribution is 6.42. The molecule has 0 unspecified atom stereocenters. The lowest BCUT2D eigenvalue weighted by Gasteiger charge is -2.03. The largest absolute Gasteiger partial charge is 0.365 e. The van der Waals surface area contributed by atoms with E-state index in [2.05, 4.69) is 11.2 Å². The molecule has 122 valence electrons. The molecule has 0 saturated heterocycles. The number of allylic oxidation sites excluding steroid dienone is 1. The van der Waals surface area contributed by atoms with Gasteiger partial charge in [-0.05, 0) is 54.7 Å². The first kappa shape index (κ1) is 16.7. The number of nitrogens with zero attached hydrogens (tertiary/aromatic N) is 1. The van der Waals surface area contributed by atoms with Gasteiger partial charge >= 0.3 is 5.97 Å². The maximum Gasteiger partial charge on any atom is 0.365 e. The third kappa shape index (κ3) is 4.05. The van der Waals surface area contributed by atoms with Crippen LogP contribution in [-0.4, -0.2) is 11.7 Å². The highest BCUT2D eigenvalue weighted by atomic mass is 35.5. The average molecular weight is 360 g/mol. The van der Waals surface area contributed by atoms with Crippen LogP contribution in [0.5, 0.6) is 0 Å². The molecule has 0 spiro atoms. The number of benzene rings is 2. The van der Waals surface area contributed by atoms with Gasteiger partial charge in [0.2, 0.25) is 0 Å². The molecule has 1 aliphatic rings. The quantitative estimate of drug-likeness (QED) is 0.515. The summed E-state index contributed by atoms with van der Waals surface area (Å²) in [6.07, 6.45) is 4.81. The SMILES string of the molecule is O=C(O/N=C1\CCC\C1=C/c1ccccc1)c1ccc(Cl)c(Cl)c1. The number of hydrogen-bond donors (Lipinski definition) is 0. The van der Waals surface area contributed by atoms with Crippen molar-refractivity contribution in [3.8, 4) is 0 Å². The van der Waals surface area contributed by atoms with E-state index in [1.807, 2.05) is 30.3 Å². The zero-order valence-corrected chi connectivity index (χ0v) is 14.3. The summed E-state index contributed by atoms with van der Waals surface area (Å²) in [6.45, 7) is 0. The van der Waals surface area contributed by atoms with Crippen molar-refractivity contribution in [1.29, 1.82) is 0 Å². The molecule has 0 amide bonds. The molecular formula is C19H15Cl2NO2. The molecule has 0 heterocycles. The van der Waals surface area contributed by atoms with E-state index in [-0.39, 0.29) is 0 Å². The lowest BCUT2D eigenvalue weighted by atomic mass is 10.1. The van der Waals surface area contributed by atoms with Crippen molar-refractivity contribution in [3.63, 3.8) is 0 Å². The second kappa shape index (κ2) is 7.65. The fourth-order valence-corrected chi connectivity index (χ4v) is 2.83. The van der Waals surface area contributed by atoms with E-state index in [0.717, 1.165) is 36.1 Å². The molecule has 24 heavy (non-hydrogen) atoms. The zero-order valence-electron chi connectivity index (χ0n) is 12.8.